The van der Waals surface area contributed by atoms with Crippen molar-refractivity contribution < 1.29 is 9.59 Å². The molecule has 1 aliphatic heterocycles. The number of piperazine rings is 1. The van der Waals surface area contributed by atoms with Crippen molar-refractivity contribution in [3.8, 4) is 17.1 Å². The molecule has 2 heterocycles. The second-order valence-electron chi connectivity index (χ2n) is 13.3. The number of carbonyl (C=O) groups is 2. The van der Waals surface area contributed by atoms with Crippen molar-refractivity contribution in [2.75, 3.05) is 25.4 Å². The van der Waals surface area contributed by atoms with Gasteiger partial charge in [0.15, 0.2) is 11.0 Å². The number of hydrogen-bond donors (Lipinski definition) is 0. The molecule has 2 amide bonds. The predicted molar refractivity (Wildman–Crippen MR) is 182 cm³/mol. The van der Waals surface area contributed by atoms with Crippen molar-refractivity contribution in [1.29, 1.82) is 0 Å². The number of carbonyl (C=O) groups excluding carboxylic acids is 2. The van der Waals surface area contributed by atoms with Crippen LogP contribution in [0.3, 0.4) is 0 Å². The summed E-state index contributed by atoms with van der Waals surface area (Å²) in [4.78, 5) is 29.9. The van der Waals surface area contributed by atoms with E-state index in [1.807, 2.05) is 38.6 Å². The highest BCUT2D eigenvalue weighted by Crippen LogP contribution is 2.32. The van der Waals surface area contributed by atoms with Gasteiger partial charge in [-0.05, 0) is 62.6 Å². The van der Waals surface area contributed by atoms with Crippen molar-refractivity contribution >= 4 is 46.8 Å². The first-order valence-corrected chi connectivity index (χ1v) is 17.2. The summed E-state index contributed by atoms with van der Waals surface area (Å²) in [6.45, 7) is 14.7. The molecular weight excluding hydrogens is 613 g/mol. The maximum absolute atomic E-state index is 13.0. The van der Waals surface area contributed by atoms with Crippen LogP contribution in [0.15, 0.2) is 47.6 Å². The zero-order chi connectivity index (χ0) is 32.0. The van der Waals surface area contributed by atoms with E-state index in [0.29, 0.717) is 48.4 Å². The summed E-state index contributed by atoms with van der Waals surface area (Å²) in [6.07, 6.45) is 3.74. The maximum Gasteiger partial charge on any atom is 0.223 e. The molecule has 2 aromatic carbocycles. The number of rotatable bonds is 11. The number of unbranched alkanes of at least 4 members (excludes halogenated alkanes) is 1. The van der Waals surface area contributed by atoms with Crippen LogP contribution in [0.4, 0.5) is 0 Å². The average Bonchev–Trinajstić information content (AvgIpc) is 3.37. The fraction of sp³-hybridized carbons (Fsp3) is 0.529. The van der Waals surface area contributed by atoms with Gasteiger partial charge in [-0.3, -0.25) is 14.2 Å². The summed E-state index contributed by atoms with van der Waals surface area (Å²) >= 11 is 14.2. The van der Waals surface area contributed by atoms with Gasteiger partial charge in [0.1, 0.15) is 0 Å². The summed E-state index contributed by atoms with van der Waals surface area (Å²) in [6, 6.07) is 13.7. The van der Waals surface area contributed by atoms with Crippen LogP contribution in [0, 0.1) is 18.3 Å². The lowest BCUT2D eigenvalue weighted by atomic mass is 9.84. The topological polar surface area (TPSA) is 71.3 Å². The smallest absolute Gasteiger partial charge is 0.223 e. The van der Waals surface area contributed by atoms with E-state index in [9.17, 15) is 9.59 Å². The Bertz CT molecular complexity index is 1440. The van der Waals surface area contributed by atoms with Gasteiger partial charge in [0.25, 0.3) is 0 Å². The van der Waals surface area contributed by atoms with E-state index in [1.54, 1.807) is 17.8 Å². The second kappa shape index (κ2) is 15.2. The van der Waals surface area contributed by atoms with Gasteiger partial charge in [-0.15, -0.1) is 10.2 Å². The highest BCUT2D eigenvalue weighted by molar-refractivity contribution is 7.99. The van der Waals surface area contributed by atoms with Crippen molar-refractivity contribution in [3.05, 3.63) is 58.1 Å². The number of aryl methyl sites for hydroxylation is 1. The number of aromatic nitrogens is 3. The van der Waals surface area contributed by atoms with Crippen LogP contribution in [-0.2, 0) is 9.59 Å². The van der Waals surface area contributed by atoms with Crippen LogP contribution in [0.25, 0.3) is 17.1 Å². The van der Waals surface area contributed by atoms with Crippen molar-refractivity contribution in [1.82, 2.24) is 24.6 Å². The molecule has 2 atom stereocenters. The Morgan fingerprint density at radius 2 is 1.73 bits per heavy atom. The molecule has 0 bridgehead atoms. The third-order valence-corrected chi connectivity index (χ3v) is 9.66. The van der Waals surface area contributed by atoms with Crippen molar-refractivity contribution in [2.24, 2.45) is 11.3 Å². The third kappa shape index (κ3) is 9.24. The monoisotopic (exact) mass is 657 g/mol. The van der Waals surface area contributed by atoms with Gasteiger partial charge in [-0.25, -0.2) is 0 Å². The Balaban J connectivity index is 1.29. The van der Waals surface area contributed by atoms with Gasteiger partial charge in [0.05, 0.1) is 15.7 Å². The van der Waals surface area contributed by atoms with Gasteiger partial charge >= 0.3 is 0 Å². The van der Waals surface area contributed by atoms with Crippen molar-refractivity contribution in [3.63, 3.8) is 0 Å². The minimum atomic E-state index is 0.0352. The summed E-state index contributed by atoms with van der Waals surface area (Å²) in [5.74, 6) is 2.25. The largest absolute Gasteiger partial charge is 0.339 e. The van der Waals surface area contributed by atoms with Crippen LogP contribution in [0.1, 0.15) is 72.3 Å². The van der Waals surface area contributed by atoms with E-state index in [4.69, 9.17) is 23.2 Å². The Labute approximate surface area is 276 Å². The Morgan fingerprint density at radius 1 is 1.00 bits per heavy atom. The minimum absolute atomic E-state index is 0.0352. The van der Waals surface area contributed by atoms with Crippen LogP contribution >= 0.6 is 35.0 Å². The zero-order valence-corrected chi connectivity index (χ0v) is 29.1. The van der Waals surface area contributed by atoms with Gasteiger partial charge in [0, 0.05) is 49.8 Å². The standard InChI is InChI=1S/C34H45Cl2N5O2S/c1-23-10-12-26(13-11-23)32-37-38-33(41(32)27-14-15-28(35)29(36)20-27)44-18-8-7-9-30(42)39-16-17-40(25(3)22-39)31(43)19-24(2)21-34(4,5)6/h10-15,20,24-25H,7-9,16-19,21-22H2,1-6H3. The third-order valence-electron chi connectivity index (χ3n) is 7.91. The first-order valence-electron chi connectivity index (χ1n) is 15.5. The van der Waals surface area contributed by atoms with Gasteiger partial charge in [-0.2, -0.15) is 0 Å². The Kier molecular flexibility index (Phi) is 11.8. The van der Waals surface area contributed by atoms with E-state index in [2.05, 4.69) is 63.9 Å². The van der Waals surface area contributed by atoms with Crippen LogP contribution in [0.5, 0.6) is 0 Å². The summed E-state index contributed by atoms with van der Waals surface area (Å²) in [5.41, 5.74) is 3.18. The number of nitrogens with zero attached hydrogens (tertiary/aromatic N) is 5. The van der Waals surface area contributed by atoms with Gasteiger partial charge in [-0.1, -0.05) is 92.5 Å². The fourth-order valence-corrected chi connectivity index (χ4v) is 7.14. The molecule has 1 aliphatic rings. The lowest BCUT2D eigenvalue weighted by molar-refractivity contribution is -0.143. The molecule has 7 nitrogen and oxygen atoms in total. The van der Waals surface area contributed by atoms with Gasteiger partial charge < -0.3 is 9.80 Å². The molecule has 0 spiro atoms. The second-order valence-corrected chi connectivity index (χ2v) is 15.1. The molecule has 238 valence electrons. The summed E-state index contributed by atoms with van der Waals surface area (Å²) in [5, 5.41) is 10.7. The van der Waals surface area contributed by atoms with Crippen LogP contribution in [-0.4, -0.2) is 67.8 Å². The molecule has 44 heavy (non-hydrogen) atoms. The SMILES string of the molecule is Cc1ccc(-c2nnc(SCCCCC(=O)N3CCN(C(=O)CC(C)CC(C)(C)C)C(C)C3)n2-c2ccc(Cl)c(Cl)c2)cc1. The lowest BCUT2D eigenvalue weighted by Gasteiger charge is -2.40. The van der Waals surface area contributed by atoms with E-state index in [-0.39, 0.29) is 23.3 Å². The number of benzene rings is 2. The number of halogens is 2. The lowest BCUT2D eigenvalue weighted by Crippen LogP contribution is -2.55. The molecule has 0 N–H and O–H groups in total. The minimum Gasteiger partial charge on any atom is -0.339 e. The fourth-order valence-electron chi connectivity index (χ4n) is 5.90. The molecule has 2 unspecified atom stereocenters. The van der Waals surface area contributed by atoms with Crippen molar-refractivity contribution in [2.45, 2.75) is 84.8 Å². The normalized spacial score (nSPS) is 16.3. The highest BCUT2D eigenvalue weighted by atomic mass is 35.5. The van der Waals surface area contributed by atoms with E-state index in [0.717, 1.165) is 47.2 Å². The van der Waals surface area contributed by atoms with E-state index < -0.39 is 0 Å². The number of hydrogen-bond acceptors (Lipinski definition) is 5. The first kappa shape index (κ1) is 34.3. The van der Waals surface area contributed by atoms with Crippen LogP contribution in [0.2, 0.25) is 10.0 Å². The molecule has 1 saturated heterocycles. The average molecular weight is 659 g/mol. The highest BCUT2D eigenvalue weighted by Gasteiger charge is 2.30. The number of thioether (sulfide) groups is 1. The van der Waals surface area contributed by atoms with E-state index >= 15 is 0 Å². The molecular formula is C34H45Cl2N5O2S. The van der Waals surface area contributed by atoms with Crippen LogP contribution < -0.4 is 0 Å². The molecule has 0 aliphatic carbocycles. The molecule has 0 saturated carbocycles. The summed E-state index contributed by atoms with van der Waals surface area (Å²) in [7, 11) is 0. The zero-order valence-electron chi connectivity index (χ0n) is 26.8. The number of amides is 2. The first-order chi connectivity index (χ1) is 20.8. The Morgan fingerprint density at radius 3 is 2.39 bits per heavy atom. The van der Waals surface area contributed by atoms with Gasteiger partial charge in [0.2, 0.25) is 11.8 Å². The molecule has 3 aromatic rings. The van der Waals surface area contributed by atoms with E-state index in [1.165, 1.54) is 5.56 Å². The maximum atomic E-state index is 13.0. The Hall–Kier alpha value is -2.55. The predicted octanol–water partition coefficient (Wildman–Crippen LogP) is 8.33. The molecule has 0 radical (unpaired) electrons. The molecule has 10 heteroatoms. The molecule has 4 rings (SSSR count). The summed E-state index contributed by atoms with van der Waals surface area (Å²) < 4.78 is 2.01. The quantitative estimate of drug-likeness (QED) is 0.153. The molecule has 1 fully saturated rings. The molecule has 1 aromatic heterocycles.